The van der Waals surface area contributed by atoms with Crippen LogP contribution in [0.2, 0.25) is 0 Å². The van der Waals surface area contributed by atoms with Crippen LogP contribution in [-0.4, -0.2) is 31.1 Å². The number of hydrogen-bond donors (Lipinski definition) is 1. The van der Waals surface area contributed by atoms with E-state index in [4.69, 9.17) is 14.6 Å². The number of hydrogen-bond acceptors (Lipinski definition) is 3. The van der Waals surface area contributed by atoms with E-state index < -0.39 is 5.97 Å². The van der Waals surface area contributed by atoms with Gasteiger partial charge in [-0.2, -0.15) is 0 Å². The second-order valence-electron chi connectivity index (χ2n) is 4.67. The number of pyridine rings is 1. The molecule has 5 nitrogen and oxygen atoms in total. The summed E-state index contributed by atoms with van der Waals surface area (Å²) in [4.78, 5) is 10.7. The molecule has 0 aromatic carbocycles. The second-order valence-corrected chi connectivity index (χ2v) is 4.67. The van der Waals surface area contributed by atoms with Gasteiger partial charge in [0.15, 0.2) is 18.7 Å². The summed E-state index contributed by atoms with van der Waals surface area (Å²) in [5, 5.41) is 8.76. The third-order valence-electron chi connectivity index (χ3n) is 2.99. The minimum absolute atomic E-state index is 0.0654. The summed E-state index contributed by atoms with van der Waals surface area (Å²) in [7, 11) is 1.65. The van der Waals surface area contributed by atoms with Crippen LogP contribution in [0.15, 0.2) is 24.5 Å². The third-order valence-corrected chi connectivity index (χ3v) is 2.99. The number of carboxylic acid groups (broad SMARTS) is 1. The van der Waals surface area contributed by atoms with E-state index in [2.05, 4.69) is 0 Å². The molecule has 1 aromatic rings. The van der Waals surface area contributed by atoms with Crippen LogP contribution in [0.25, 0.3) is 0 Å². The molecule has 20 heavy (non-hydrogen) atoms. The van der Waals surface area contributed by atoms with Crippen molar-refractivity contribution in [3.05, 3.63) is 30.1 Å². The summed E-state index contributed by atoms with van der Waals surface area (Å²) < 4.78 is 12.7. The van der Waals surface area contributed by atoms with E-state index in [0.717, 1.165) is 31.4 Å². The number of unbranched alkanes of at least 4 members (excludes halogenated alkanes) is 1. The quantitative estimate of drug-likeness (QED) is 0.404. The molecule has 1 rings (SSSR count). The van der Waals surface area contributed by atoms with Crippen LogP contribution in [0.1, 0.15) is 31.7 Å². The van der Waals surface area contributed by atoms with E-state index in [1.54, 1.807) is 7.11 Å². The largest absolute Gasteiger partial charge is 0.481 e. The van der Waals surface area contributed by atoms with Gasteiger partial charge < -0.3 is 14.6 Å². The number of rotatable bonds is 10. The zero-order chi connectivity index (χ0) is 14.8. The van der Waals surface area contributed by atoms with Gasteiger partial charge in [0, 0.05) is 31.8 Å². The zero-order valence-corrected chi connectivity index (χ0v) is 12.2. The maximum absolute atomic E-state index is 10.7. The monoisotopic (exact) mass is 282 g/mol. The molecular weight excluding hydrogens is 258 g/mol. The van der Waals surface area contributed by atoms with Crippen LogP contribution in [0.5, 0.6) is 0 Å². The van der Waals surface area contributed by atoms with E-state index >= 15 is 0 Å². The molecule has 112 valence electrons. The number of aliphatic carboxylic acids is 1. The van der Waals surface area contributed by atoms with Gasteiger partial charge in [0.05, 0.1) is 6.42 Å². The summed E-state index contributed by atoms with van der Waals surface area (Å²) in [5.41, 5.74) is 0.821. The Morgan fingerprint density at radius 3 is 2.90 bits per heavy atom. The average molecular weight is 282 g/mol. The van der Waals surface area contributed by atoms with Crippen LogP contribution in [0.4, 0.5) is 0 Å². The van der Waals surface area contributed by atoms with E-state index in [0.29, 0.717) is 6.61 Å². The summed E-state index contributed by atoms with van der Waals surface area (Å²) in [6.07, 6.45) is 6.59. The maximum Gasteiger partial charge on any atom is 0.308 e. The van der Waals surface area contributed by atoms with E-state index in [1.807, 2.05) is 36.0 Å². The Bertz CT molecular complexity index is 405. The minimum Gasteiger partial charge on any atom is -0.481 e. The molecule has 0 bridgehead atoms. The highest BCUT2D eigenvalue weighted by molar-refractivity contribution is 5.69. The molecule has 0 fully saturated rings. The van der Waals surface area contributed by atoms with Crippen molar-refractivity contribution in [1.29, 1.82) is 0 Å². The van der Waals surface area contributed by atoms with Crippen molar-refractivity contribution in [2.24, 2.45) is 0 Å². The molecule has 0 radical (unpaired) electrons. The fraction of sp³-hybridized carbons (Fsp3) is 0.600. The van der Waals surface area contributed by atoms with E-state index in [9.17, 15) is 4.79 Å². The SMILES string of the molecule is CCC(OC)OCCCC[n+]1cccc(CC(=O)O)c1. The number of carboxylic acids is 1. The summed E-state index contributed by atoms with van der Waals surface area (Å²) in [5.74, 6) is -0.804. The number of aryl methyl sites for hydroxylation is 1. The lowest BCUT2D eigenvalue weighted by molar-refractivity contribution is -0.697. The van der Waals surface area contributed by atoms with Crippen LogP contribution in [0, 0.1) is 0 Å². The molecule has 1 atom stereocenters. The topological polar surface area (TPSA) is 59.6 Å². The van der Waals surface area contributed by atoms with Crippen molar-refractivity contribution < 1.29 is 23.9 Å². The molecule has 1 heterocycles. The lowest BCUT2D eigenvalue weighted by atomic mass is 10.2. The minimum atomic E-state index is -0.804. The number of carbonyl (C=O) groups is 1. The third kappa shape index (κ3) is 6.63. The van der Waals surface area contributed by atoms with Crippen LogP contribution < -0.4 is 4.57 Å². The fourth-order valence-corrected chi connectivity index (χ4v) is 1.96. The van der Waals surface area contributed by atoms with Gasteiger partial charge in [-0.15, -0.1) is 0 Å². The Kier molecular flexibility index (Phi) is 7.84. The molecule has 0 amide bonds. The van der Waals surface area contributed by atoms with Crippen LogP contribution in [0.3, 0.4) is 0 Å². The van der Waals surface area contributed by atoms with Gasteiger partial charge in [0.1, 0.15) is 6.54 Å². The predicted octanol–water partition coefficient (Wildman–Crippen LogP) is 1.78. The molecule has 5 heteroatoms. The molecule has 1 unspecified atom stereocenters. The maximum atomic E-state index is 10.7. The zero-order valence-electron chi connectivity index (χ0n) is 12.2. The normalized spacial score (nSPS) is 12.3. The molecule has 0 saturated carbocycles. The molecule has 0 aliphatic carbocycles. The van der Waals surface area contributed by atoms with Crippen molar-refractivity contribution in [2.75, 3.05) is 13.7 Å². The summed E-state index contributed by atoms with van der Waals surface area (Å²) >= 11 is 0. The number of nitrogens with zero attached hydrogens (tertiary/aromatic N) is 1. The van der Waals surface area contributed by atoms with Crippen LogP contribution in [-0.2, 0) is 27.2 Å². The van der Waals surface area contributed by atoms with Gasteiger partial charge in [-0.1, -0.05) is 6.92 Å². The predicted molar refractivity (Wildman–Crippen MR) is 74.3 cm³/mol. The standard InChI is InChI=1S/C15H23NO4/c1-3-15(19-2)20-10-5-4-8-16-9-6-7-13(12-16)11-14(17)18/h6-7,9,12,15H,3-5,8,10-11H2,1-2H3/p+1. The smallest absolute Gasteiger partial charge is 0.308 e. The first kappa shape index (κ1) is 16.6. The van der Waals surface area contributed by atoms with Gasteiger partial charge in [-0.3, -0.25) is 4.79 Å². The van der Waals surface area contributed by atoms with Crippen molar-refractivity contribution in [1.82, 2.24) is 0 Å². The molecule has 0 spiro atoms. The lowest BCUT2D eigenvalue weighted by Crippen LogP contribution is -2.33. The molecule has 0 aliphatic rings. The Hall–Kier alpha value is -1.46. The van der Waals surface area contributed by atoms with Gasteiger partial charge in [0.2, 0.25) is 0 Å². The van der Waals surface area contributed by atoms with E-state index in [1.165, 1.54) is 0 Å². The van der Waals surface area contributed by atoms with Gasteiger partial charge in [-0.05, 0) is 18.9 Å². The first-order valence-electron chi connectivity index (χ1n) is 7.00. The molecule has 0 saturated heterocycles. The number of aromatic nitrogens is 1. The summed E-state index contributed by atoms with van der Waals surface area (Å²) in [6, 6.07) is 3.71. The Labute approximate surface area is 120 Å². The number of methoxy groups -OCH3 is 1. The number of ether oxygens (including phenoxy) is 2. The van der Waals surface area contributed by atoms with Crippen molar-refractivity contribution in [3.8, 4) is 0 Å². The van der Waals surface area contributed by atoms with Gasteiger partial charge >= 0.3 is 5.97 Å². The van der Waals surface area contributed by atoms with Gasteiger partial charge in [0.25, 0.3) is 0 Å². The van der Waals surface area contributed by atoms with E-state index in [-0.39, 0.29) is 12.7 Å². The summed E-state index contributed by atoms with van der Waals surface area (Å²) in [6.45, 7) is 3.57. The molecule has 1 N–H and O–H groups in total. The molecule has 1 aromatic heterocycles. The fourth-order valence-electron chi connectivity index (χ4n) is 1.96. The van der Waals surface area contributed by atoms with Crippen molar-refractivity contribution in [2.45, 2.75) is 45.4 Å². The second kappa shape index (κ2) is 9.44. The average Bonchev–Trinajstić information content (AvgIpc) is 2.42. The first-order valence-corrected chi connectivity index (χ1v) is 7.00. The first-order chi connectivity index (χ1) is 9.65. The molecule has 0 aliphatic heterocycles. The highest BCUT2D eigenvalue weighted by Gasteiger charge is 2.07. The van der Waals surface area contributed by atoms with Crippen molar-refractivity contribution in [3.63, 3.8) is 0 Å². The van der Waals surface area contributed by atoms with Crippen molar-refractivity contribution >= 4 is 5.97 Å². The Balaban J connectivity index is 2.26. The van der Waals surface area contributed by atoms with Gasteiger partial charge in [-0.25, -0.2) is 4.57 Å². The lowest BCUT2D eigenvalue weighted by Gasteiger charge is -2.13. The van der Waals surface area contributed by atoms with Crippen LogP contribution >= 0.6 is 0 Å². The highest BCUT2D eigenvalue weighted by Crippen LogP contribution is 2.01. The Morgan fingerprint density at radius 2 is 2.25 bits per heavy atom. The Morgan fingerprint density at radius 1 is 1.45 bits per heavy atom. The highest BCUT2D eigenvalue weighted by atomic mass is 16.7. The molecular formula is C15H24NO4+.